The van der Waals surface area contributed by atoms with Crippen LogP contribution in [0.1, 0.15) is 28.8 Å². The van der Waals surface area contributed by atoms with Crippen LogP contribution >= 0.6 is 0 Å². The van der Waals surface area contributed by atoms with Crippen molar-refractivity contribution in [3.05, 3.63) is 59.7 Å². The number of nitrogens with zero attached hydrogens (tertiary/aromatic N) is 1. The van der Waals surface area contributed by atoms with E-state index in [9.17, 15) is 14.4 Å². The van der Waals surface area contributed by atoms with E-state index in [0.29, 0.717) is 31.6 Å². The van der Waals surface area contributed by atoms with Crippen LogP contribution in [0, 0.1) is 0 Å². The molecule has 0 unspecified atom stereocenters. The zero-order valence-corrected chi connectivity index (χ0v) is 16.3. The van der Waals surface area contributed by atoms with Gasteiger partial charge in [0.25, 0.3) is 5.91 Å². The van der Waals surface area contributed by atoms with E-state index >= 15 is 0 Å². The molecule has 2 aromatic carbocycles. The number of carbonyl (C=O) groups excluding carboxylic acids is 3. The van der Waals surface area contributed by atoms with E-state index < -0.39 is 5.97 Å². The van der Waals surface area contributed by atoms with Crippen LogP contribution in [0.2, 0.25) is 0 Å². The molecule has 1 aliphatic heterocycles. The number of anilines is 1. The molecule has 0 radical (unpaired) electrons. The number of esters is 1. The third-order valence-corrected chi connectivity index (χ3v) is 4.72. The monoisotopic (exact) mass is 396 g/mol. The molecular formula is C22H24N2O5. The number of hydrogen-bond acceptors (Lipinski definition) is 5. The third kappa shape index (κ3) is 5.34. The lowest BCUT2D eigenvalue weighted by molar-refractivity contribution is -0.124. The summed E-state index contributed by atoms with van der Waals surface area (Å²) in [7, 11) is 1.61. The number of carbonyl (C=O) groups is 3. The maximum absolute atomic E-state index is 12.4. The number of nitrogens with one attached hydrogen (secondary N) is 1. The molecule has 1 heterocycles. The standard InChI is InChI=1S/C22H24N2O5/c1-28-17-10-8-16(9-11-17)12-13-23-20(25)15-29-22(27)18-5-2-3-6-19(18)24-14-4-7-21(24)26/h2-3,5-6,8-11H,4,7,12-15H2,1H3,(H,23,25). The molecule has 0 atom stereocenters. The molecule has 29 heavy (non-hydrogen) atoms. The third-order valence-electron chi connectivity index (χ3n) is 4.72. The van der Waals surface area contributed by atoms with Gasteiger partial charge in [-0.25, -0.2) is 4.79 Å². The fraction of sp³-hybridized carbons (Fsp3) is 0.318. The number of rotatable bonds is 8. The minimum atomic E-state index is -0.620. The van der Waals surface area contributed by atoms with Gasteiger partial charge in [0, 0.05) is 19.5 Å². The van der Waals surface area contributed by atoms with E-state index in [2.05, 4.69) is 5.32 Å². The number of para-hydroxylation sites is 1. The van der Waals surface area contributed by atoms with Crippen molar-refractivity contribution >= 4 is 23.5 Å². The van der Waals surface area contributed by atoms with Crippen LogP contribution in [0.5, 0.6) is 5.75 Å². The van der Waals surface area contributed by atoms with Gasteiger partial charge in [0.15, 0.2) is 6.61 Å². The van der Waals surface area contributed by atoms with Crippen molar-refractivity contribution in [3.8, 4) is 5.75 Å². The van der Waals surface area contributed by atoms with Crippen LogP contribution in [0.25, 0.3) is 0 Å². The average Bonchev–Trinajstić information content (AvgIpc) is 3.18. The Morgan fingerprint density at radius 2 is 1.86 bits per heavy atom. The Balaban J connectivity index is 1.48. The van der Waals surface area contributed by atoms with Gasteiger partial charge < -0.3 is 19.7 Å². The van der Waals surface area contributed by atoms with Gasteiger partial charge in [-0.3, -0.25) is 9.59 Å². The number of amides is 2. The highest BCUT2D eigenvalue weighted by Crippen LogP contribution is 2.25. The Morgan fingerprint density at radius 3 is 2.55 bits per heavy atom. The van der Waals surface area contributed by atoms with Crippen molar-refractivity contribution in [2.75, 3.05) is 31.7 Å². The van der Waals surface area contributed by atoms with E-state index in [1.165, 1.54) is 0 Å². The van der Waals surface area contributed by atoms with Gasteiger partial charge in [-0.1, -0.05) is 24.3 Å². The first-order chi connectivity index (χ1) is 14.1. The Labute approximate surface area is 169 Å². The summed E-state index contributed by atoms with van der Waals surface area (Å²) in [5.41, 5.74) is 1.88. The molecule has 0 bridgehead atoms. The molecule has 2 aromatic rings. The van der Waals surface area contributed by atoms with Crippen LogP contribution in [0.15, 0.2) is 48.5 Å². The van der Waals surface area contributed by atoms with Gasteiger partial charge in [0.2, 0.25) is 5.91 Å². The summed E-state index contributed by atoms with van der Waals surface area (Å²) in [4.78, 5) is 38.0. The van der Waals surface area contributed by atoms with Gasteiger partial charge in [-0.15, -0.1) is 0 Å². The highest BCUT2D eigenvalue weighted by atomic mass is 16.5. The van der Waals surface area contributed by atoms with E-state index in [1.807, 2.05) is 24.3 Å². The minimum Gasteiger partial charge on any atom is -0.497 e. The molecule has 0 aliphatic carbocycles. The first kappa shape index (κ1) is 20.4. The van der Waals surface area contributed by atoms with Gasteiger partial charge >= 0.3 is 5.97 Å². The second kappa shape index (κ2) is 9.73. The second-order valence-corrected chi connectivity index (χ2v) is 6.69. The van der Waals surface area contributed by atoms with Crippen LogP contribution in [0.3, 0.4) is 0 Å². The fourth-order valence-corrected chi connectivity index (χ4v) is 3.18. The summed E-state index contributed by atoms with van der Waals surface area (Å²) in [6.07, 6.45) is 1.89. The molecule has 1 fully saturated rings. The molecule has 0 saturated carbocycles. The van der Waals surface area contributed by atoms with Gasteiger partial charge in [-0.05, 0) is 42.7 Å². The Hall–Kier alpha value is -3.35. The summed E-state index contributed by atoms with van der Waals surface area (Å²) < 4.78 is 10.3. The molecule has 0 aromatic heterocycles. The van der Waals surface area contributed by atoms with Crippen LogP contribution in [-0.2, 0) is 20.7 Å². The Morgan fingerprint density at radius 1 is 1.10 bits per heavy atom. The summed E-state index contributed by atoms with van der Waals surface area (Å²) in [6.45, 7) is 0.639. The molecule has 2 amide bonds. The highest BCUT2D eigenvalue weighted by Gasteiger charge is 2.26. The second-order valence-electron chi connectivity index (χ2n) is 6.69. The van der Waals surface area contributed by atoms with Crippen LogP contribution in [-0.4, -0.2) is 44.6 Å². The SMILES string of the molecule is COc1ccc(CCNC(=O)COC(=O)c2ccccc2N2CCCC2=O)cc1. The summed E-state index contributed by atoms with van der Waals surface area (Å²) in [5.74, 6) is -0.227. The van der Waals surface area contributed by atoms with E-state index in [0.717, 1.165) is 17.7 Å². The van der Waals surface area contributed by atoms with Crippen molar-refractivity contribution in [1.29, 1.82) is 0 Å². The average molecular weight is 396 g/mol. The maximum Gasteiger partial charge on any atom is 0.340 e. The van der Waals surface area contributed by atoms with Crippen molar-refractivity contribution in [3.63, 3.8) is 0 Å². The van der Waals surface area contributed by atoms with Crippen molar-refractivity contribution in [2.24, 2.45) is 0 Å². The Bertz CT molecular complexity index is 879. The minimum absolute atomic E-state index is 0.0125. The van der Waals surface area contributed by atoms with Crippen LogP contribution < -0.4 is 15.0 Å². The molecular weight excluding hydrogens is 372 g/mol. The largest absolute Gasteiger partial charge is 0.497 e. The Kier molecular flexibility index (Phi) is 6.84. The lowest BCUT2D eigenvalue weighted by atomic mass is 10.1. The summed E-state index contributed by atoms with van der Waals surface area (Å²) in [5, 5.41) is 2.73. The molecule has 3 rings (SSSR count). The normalized spacial score (nSPS) is 13.3. The zero-order valence-electron chi connectivity index (χ0n) is 16.3. The first-order valence-corrected chi connectivity index (χ1v) is 9.54. The molecule has 7 heteroatoms. The van der Waals surface area contributed by atoms with Crippen molar-refractivity contribution in [1.82, 2.24) is 5.32 Å². The highest BCUT2D eigenvalue weighted by molar-refractivity contribution is 6.03. The fourth-order valence-electron chi connectivity index (χ4n) is 3.18. The lowest BCUT2D eigenvalue weighted by Crippen LogP contribution is -2.31. The molecule has 1 N–H and O–H groups in total. The van der Waals surface area contributed by atoms with Gasteiger partial charge in [0.1, 0.15) is 5.75 Å². The maximum atomic E-state index is 12.4. The van der Waals surface area contributed by atoms with Crippen LogP contribution in [0.4, 0.5) is 5.69 Å². The first-order valence-electron chi connectivity index (χ1n) is 9.54. The quantitative estimate of drug-likeness (QED) is 0.693. The molecule has 152 valence electrons. The van der Waals surface area contributed by atoms with E-state index in [1.54, 1.807) is 36.3 Å². The number of benzene rings is 2. The smallest absolute Gasteiger partial charge is 0.340 e. The number of ether oxygens (including phenoxy) is 2. The van der Waals surface area contributed by atoms with Crippen molar-refractivity contribution < 1.29 is 23.9 Å². The lowest BCUT2D eigenvalue weighted by Gasteiger charge is -2.18. The van der Waals surface area contributed by atoms with Crippen molar-refractivity contribution in [2.45, 2.75) is 19.3 Å². The molecule has 1 saturated heterocycles. The predicted molar refractivity (Wildman–Crippen MR) is 108 cm³/mol. The zero-order chi connectivity index (χ0) is 20.6. The molecule has 0 spiro atoms. The number of hydrogen-bond donors (Lipinski definition) is 1. The molecule has 7 nitrogen and oxygen atoms in total. The predicted octanol–water partition coefficient (Wildman–Crippen LogP) is 2.34. The van der Waals surface area contributed by atoms with Gasteiger partial charge in [-0.2, -0.15) is 0 Å². The van der Waals surface area contributed by atoms with Gasteiger partial charge in [0.05, 0.1) is 18.4 Å². The summed E-state index contributed by atoms with van der Waals surface area (Å²) >= 11 is 0. The number of methoxy groups -OCH3 is 1. The van der Waals surface area contributed by atoms with E-state index in [4.69, 9.17) is 9.47 Å². The molecule has 1 aliphatic rings. The van der Waals surface area contributed by atoms with E-state index in [-0.39, 0.29) is 24.0 Å². The topological polar surface area (TPSA) is 84.9 Å². The summed E-state index contributed by atoms with van der Waals surface area (Å²) in [6, 6.07) is 14.4.